The Morgan fingerprint density at radius 1 is 1.24 bits per heavy atom. The number of aryl methyl sites for hydroxylation is 1. The van der Waals surface area contributed by atoms with Gasteiger partial charge in [-0.25, -0.2) is 4.98 Å². The fourth-order valence-electron chi connectivity index (χ4n) is 3.21. The predicted molar refractivity (Wildman–Crippen MR) is 93.3 cm³/mol. The minimum atomic E-state index is -0.447. The van der Waals surface area contributed by atoms with E-state index in [1.165, 1.54) is 12.5 Å². The van der Waals surface area contributed by atoms with Crippen molar-refractivity contribution in [3.05, 3.63) is 64.3 Å². The van der Waals surface area contributed by atoms with Crippen molar-refractivity contribution in [2.45, 2.75) is 25.7 Å². The Kier molecular flexibility index (Phi) is 5.38. The third kappa shape index (κ3) is 4.21. The maximum atomic E-state index is 12.5. The molecule has 1 fully saturated rings. The van der Waals surface area contributed by atoms with Crippen molar-refractivity contribution in [1.29, 1.82) is 0 Å². The Labute approximate surface area is 145 Å². The van der Waals surface area contributed by atoms with E-state index in [4.69, 9.17) is 0 Å². The number of amides is 1. The zero-order chi connectivity index (χ0) is 17.6. The van der Waals surface area contributed by atoms with E-state index in [0.717, 1.165) is 18.4 Å². The summed E-state index contributed by atoms with van der Waals surface area (Å²) in [6.07, 6.45) is 5.29. The number of rotatable bonds is 5. The van der Waals surface area contributed by atoms with Crippen molar-refractivity contribution in [3.63, 3.8) is 0 Å². The van der Waals surface area contributed by atoms with Crippen molar-refractivity contribution >= 4 is 11.7 Å². The quantitative estimate of drug-likeness (QED) is 0.901. The number of aromatic nitrogens is 2. The molecule has 0 bridgehead atoms. The standard InChI is InChI=1S/C19H21N3O3/c23-17(9-8-14-5-2-1-3-6-14)15-7-4-10-22(12-15)19(25)16-11-20-13-21-18(16)24/h1-3,5-6,11,13,15H,4,7-10,12H2,(H,20,21,24)/t15-/m1/s1. The van der Waals surface area contributed by atoms with Gasteiger partial charge in [0, 0.05) is 31.6 Å². The number of Topliss-reactive ketones (excluding diaryl/α,β-unsaturated/α-hetero) is 1. The summed E-state index contributed by atoms with van der Waals surface area (Å²) in [7, 11) is 0. The molecule has 2 heterocycles. The third-order valence-electron chi connectivity index (χ3n) is 4.62. The fourth-order valence-corrected chi connectivity index (χ4v) is 3.21. The van der Waals surface area contributed by atoms with Gasteiger partial charge >= 0.3 is 0 Å². The number of likely N-dealkylation sites (tertiary alicyclic amines) is 1. The summed E-state index contributed by atoms with van der Waals surface area (Å²) in [5, 5.41) is 0. The van der Waals surface area contributed by atoms with Crippen molar-refractivity contribution in [1.82, 2.24) is 14.9 Å². The number of hydrogen-bond donors (Lipinski definition) is 1. The van der Waals surface area contributed by atoms with Gasteiger partial charge in [0.1, 0.15) is 11.3 Å². The Hall–Kier alpha value is -2.76. The fraction of sp³-hybridized carbons (Fsp3) is 0.368. The van der Waals surface area contributed by atoms with Crippen molar-refractivity contribution in [2.24, 2.45) is 5.92 Å². The number of nitrogens with one attached hydrogen (secondary N) is 1. The summed E-state index contributed by atoms with van der Waals surface area (Å²) in [5.74, 6) is -0.325. The van der Waals surface area contributed by atoms with Gasteiger partial charge in [-0.15, -0.1) is 0 Å². The highest BCUT2D eigenvalue weighted by molar-refractivity contribution is 5.94. The van der Waals surface area contributed by atoms with Crippen LogP contribution in [-0.2, 0) is 11.2 Å². The predicted octanol–water partition coefficient (Wildman–Crippen LogP) is 1.82. The molecule has 1 amide bonds. The van der Waals surface area contributed by atoms with Gasteiger partial charge in [-0.2, -0.15) is 0 Å². The van der Waals surface area contributed by atoms with E-state index in [-0.39, 0.29) is 23.2 Å². The second kappa shape index (κ2) is 7.88. The van der Waals surface area contributed by atoms with Gasteiger partial charge in [0.25, 0.3) is 11.5 Å². The number of H-pyrrole nitrogens is 1. The molecule has 1 aromatic heterocycles. The van der Waals surface area contributed by atoms with Crippen LogP contribution in [0.15, 0.2) is 47.7 Å². The number of aromatic amines is 1. The van der Waals surface area contributed by atoms with E-state index in [1.54, 1.807) is 4.90 Å². The molecule has 1 N–H and O–H groups in total. The van der Waals surface area contributed by atoms with Crippen molar-refractivity contribution in [3.8, 4) is 0 Å². The monoisotopic (exact) mass is 339 g/mol. The molecule has 6 nitrogen and oxygen atoms in total. The summed E-state index contributed by atoms with van der Waals surface area (Å²) in [4.78, 5) is 44.6. The zero-order valence-electron chi connectivity index (χ0n) is 14.0. The molecule has 1 saturated heterocycles. The number of carbonyl (C=O) groups excluding carboxylic acids is 2. The van der Waals surface area contributed by atoms with Gasteiger partial charge in [0.2, 0.25) is 0 Å². The van der Waals surface area contributed by atoms with E-state index in [2.05, 4.69) is 9.97 Å². The van der Waals surface area contributed by atoms with Crippen molar-refractivity contribution < 1.29 is 9.59 Å². The van der Waals surface area contributed by atoms with E-state index in [9.17, 15) is 14.4 Å². The number of carbonyl (C=O) groups is 2. The molecule has 130 valence electrons. The van der Waals surface area contributed by atoms with Crippen LogP contribution in [0.5, 0.6) is 0 Å². The number of benzene rings is 1. The van der Waals surface area contributed by atoms with E-state index in [1.807, 2.05) is 30.3 Å². The largest absolute Gasteiger partial charge is 0.338 e. The second-order valence-electron chi connectivity index (χ2n) is 6.34. The minimum Gasteiger partial charge on any atom is -0.338 e. The van der Waals surface area contributed by atoms with Gasteiger partial charge < -0.3 is 9.88 Å². The highest BCUT2D eigenvalue weighted by Crippen LogP contribution is 2.20. The number of nitrogens with zero attached hydrogens (tertiary/aromatic N) is 2. The first-order valence-electron chi connectivity index (χ1n) is 8.54. The normalized spacial score (nSPS) is 17.3. The molecular formula is C19H21N3O3. The Bertz CT molecular complexity index is 801. The van der Waals surface area contributed by atoms with Gasteiger partial charge in [0.15, 0.2) is 0 Å². The molecule has 0 radical (unpaired) electrons. The number of hydrogen-bond acceptors (Lipinski definition) is 4. The Morgan fingerprint density at radius 3 is 2.80 bits per heavy atom. The molecule has 0 saturated carbocycles. The molecule has 2 aromatic rings. The SMILES string of the molecule is O=C(CCc1ccccc1)[C@@H]1CCCN(C(=O)c2cnc[nH]c2=O)C1. The summed E-state index contributed by atoms with van der Waals surface area (Å²) in [6, 6.07) is 9.91. The summed E-state index contributed by atoms with van der Waals surface area (Å²) >= 11 is 0. The lowest BCUT2D eigenvalue weighted by atomic mass is 9.90. The summed E-state index contributed by atoms with van der Waals surface area (Å²) in [5.41, 5.74) is 0.721. The van der Waals surface area contributed by atoms with Gasteiger partial charge in [-0.05, 0) is 24.8 Å². The average molecular weight is 339 g/mol. The Balaban J connectivity index is 1.61. The van der Waals surface area contributed by atoms with Crippen LogP contribution in [0.3, 0.4) is 0 Å². The summed E-state index contributed by atoms with van der Waals surface area (Å²) < 4.78 is 0. The first-order valence-corrected chi connectivity index (χ1v) is 8.54. The van der Waals surface area contributed by atoms with Gasteiger partial charge in [-0.1, -0.05) is 30.3 Å². The molecule has 0 aliphatic carbocycles. The lowest BCUT2D eigenvalue weighted by Gasteiger charge is -2.31. The molecule has 6 heteroatoms. The lowest BCUT2D eigenvalue weighted by Crippen LogP contribution is -2.44. The van der Waals surface area contributed by atoms with Crippen molar-refractivity contribution in [2.75, 3.05) is 13.1 Å². The van der Waals surface area contributed by atoms with Crippen LogP contribution in [-0.4, -0.2) is 39.6 Å². The first kappa shape index (κ1) is 17.1. The average Bonchev–Trinajstić information content (AvgIpc) is 2.67. The molecule has 1 aromatic carbocycles. The van der Waals surface area contributed by atoms with E-state index < -0.39 is 5.56 Å². The first-order chi connectivity index (χ1) is 12.1. The van der Waals surface area contributed by atoms with Crippen LogP contribution in [0.1, 0.15) is 35.2 Å². The van der Waals surface area contributed by atoms with Crippen LogP contribution in [0, 0.1) is 5.92 Å². The maximum absolute atomic E-state index is 12.5. The second-order valence-corrected chi connectivity index (χ2v) is 6.34. The molecule has 25 heavy (non-hydrogen) atoms. The Morgan fingerprint density at radius 2 is 2.04 bits per heavy atom. The smallest absolute Gasteiger partial charge is 0.263 e. The van der Waals surface area contributed by atoms with Crippen LogP contribution < -0.4 is 5.56 Å². The molecule has 1 atom stereocenters. The van der Waals surface area contributed by atoms with Crippen LogP contribution in [0.2, 0.25) is 0 Å². The molecule has 1 aliphatic heterocycles. The highest BCUT2D eigenvalue weighted by atomic mass is 16.2. The highest BCUT2D eigenvalue weighted by Gasteiger charge is 2.29. The lowest BCUT2D eigenvalue weighted by molar-refractivity contribution is -0.124. The summed E-state index contributed by atoms with van der Waals surface area (Å²) in [6.45, 7) is 0.941. The third-order valence-corrected chi connectivity index (χ3v) is 4.62. The van der Waals surface area contributed by atoms with E-state index >= 15 is 0 Å². The molecule has 0 unspecified atom stereocenters. The molecular weight excluding hydrogens is 318 g/mol. The molecule has 0 spiro atoms. The topological polar surface area (TPSA) is 83.1 Å². The minimum absolute atomic E-state index is 0.0277. The molecule has 1 aliphatic rings. The van der Waals surface area contributed by atoms with E-state index in [0.29, 0.717) is 25.9 Å². The van der Waals surface area contributed by atoms with Crippen LogP contribution in [0.4, 0.5) is 0 Å². The van der Waals surface area contributed by atoms with Crippen LogP contribution >= 0.6 is 0 Å². The zero-order valence-corrected chi connectivity index (χ0v) is 14.0. The molecule has 3 rings (SSSR count). The maximum Gasteiger partial charge on any atom is 0.263 e. The van der Waals surface area contributed by atoms with Crippen LogP contribution in [0.25, 0.3) is 0 Å². The van der Waals surface area contributed by atoms with Gasteiger partial charge in [-0.3, -0.25) is 14.4 Å². The number of piperidine rings is 1. The van der Waals surface area contributed by atoms with Gasteiger partial charge in [0.05, 0.1) is 6.33 Å². The number of ketones is 1.